The minimum atomic E-state index is -3.57. The van der Waals surface area contributed by atoms with E-state index >= 15 is 0 Å². The number of hydrogen-bond donors (Lipinski definition) is 0. The molecule has 7 nitrogen and oxygen atoms in total. The normalized spacial score (nSPS) is 15.6. The lowest BCUT2D eigenvalue weighted by molar-refractivity contribution is 0.302. The van der Waals surface area contributed by atoms with Gasteiger partial charge in [0.2, 0.25) is 10.0 Å². The van der Waals surface area contributed by atoms with Gasteiger partial charge in [-0.15, -0.1) is 0 Å². The molecule has 1 fully saturated rings. The molecule has 0 radical (unpaired) electrons. The second-order valence-electron chi connectivity index (χ2n) is 8.40. The van der Waals surface area contributed by atoms with Crippen LogP contribution in [0.5, 0.6) is 5.75 Å². The van der Waals surface area contributed by atoms with E-state index < -0.39 is 10.0 Å². The van der Waals surface area contributed by atoms with E-state index in [2.05, 4.69) is 26.9 Å². The number of pyridine rings is 1. The molecule has 0 unspecified atom stereocenters. The van der Waals surface area contributed by atoms with Crippen LogP contribution in [0.4, 0.5) is 11.5 Å². The first-order chi connectivity index (χ1) is 14.7. The first-order valence-electron chi connectivity index (χ1n) is 10.9. The lowest BCUT2D eigenvalue weighted by Gasteiger charge is -2.29. The maximum atomic E-state index is 13.1. The van der Waals surface area contributed by atoms with Crippen LogP contribution in [-0.4, -0.2) is 63.1 Å². The third kappa shape index (κ3) is 5.30. The Morgan fingerprint density at radius 3 is 2.06 bits per heavy atom. The van der Waals surface area contributed by atoms with Crippen LogP contribution < -0.4 is 14.5 Å². The van der Waals surface area contributed by atoms with Gasteiger partial charge in [0.05, 0.1) is 7.11 Å². The molecule has 1 aromatic heterocycles. The summed E-state index contributed by atoms with van der Waals surface area (Å²) < 4.78 is 32.9. The molecule has 8 heteroatoms. The maximum absolute atomic E-state index is 13.1. The number of ether oxygens (including phenoxy) is 1. The Hall–Kier alpha value is -2.32. The van der Waals surface area contributed by atoms with Crippen LogP contribution in [0.15, 0.2) is 47.5 Å². The second kappa shape index (κ2) is 9.87. The SMILES string of the molecule is COc1ccc(N2CCCN(c3ccc(S(=O)(=O)N(C(C)C)C(C)C)cn3)CC2)cc1. The number of sulfonamides is 1. The van der Waals surface area contributed by atoms with E-state index in [4.69, 9.17) is 4.74 Å². The average Bonchev–Trinajstić information content (AvgIpc) is 2.99. The van der Waals surface area contributed by atoms with Gasteiger partial charge >= 0.3 is 0 Å². The average molecular weight is 447 g/mol. The third-order valence-corrected chi connectivity index (χ3v) is 7.81. The number of anilines is 2. The van der Waals surface area contributed by atoms with Crippen molar-refractivity contribution in [2.75, 3.05) is 43.1 Å². The smallest absolute Gasteiger partial charge is 0.245 e. The molecule has 0 N–H and O–H groups in total. The van der Waals surface area contributed by atoms with Crippen LogP contribution in [0.25, 0.3) is 0 Å². The molecule has 0 spiro atoms. The molecular weight excluding hydrogens is 412 g/mol. The molecule has 2 aromatic rings. The predicted molar refractivity (Wildman–Crippen MR) is 126 cm³/mol. The number of nitrogens with zero attached hydrogens (tertiary/aromatic N) is 4. The summed E-state index contributed by atoms with van der Waals surface area (Å²) in [6.07, 6.45) is 2.50. The fourth-order valence-corrected chi connectivity index (χ4v) is 5.96. The topological polar surface area (TPSA) is 66.0 Å². The van der Waals surface area contributed by atoms with E-state index in [-0.39, 0.29) is 17.0 Å². The quantitative estimate of drug-likeness (QED) is 0.647. The van der Waals surface area contributed by atoms with E-state index in [1.54, 1.807) is 13.2 Å². The van der Waals surface area contributed by atoms with Gasteiger partial charge in [-0.25, -0.2) is 13.4 Å². The Morgan fingerprint density at radius 2 is 1.52 bits per heavy atom. The zero-order chi connectivity index (χ0) is 22.6. The first-order valence-corrected chi connectivity index (χ1v) is 12.3. The summed E-state index contributed by atoms with van der Waals surface area (Å²) in [7, 11) is -1.90. The van der Waals surface area contributed by atoms with Gasteiger partial charge in [0.1, 0.15) is 16.5 Å². The highest BCUT2D eigenvalue weighted by Crippen LogP contribution is 2.24. The largest absolute Gasteiger partial charge is 0.497 e. The summed E-state index contributed by atoms with van der Waals surface area (Å²) in [6, 6.07) is 11.4. The van der Waals surface area contributed by atoms with Gasteiger partial charge in [0.25, 0.3) is 0 Å². The highest BCUT2D eigenvalue weighted by atomic mass is 32.2. The monoisotopic (exact) mass is 446 g/mol. The summed E-state index contributed by atoms with van der Waals surface area (Å²) in [5.74, 6) is 1.67. The molecule has 0 saturated carbocycles. The van der Waals surface area contributed by atoms with E-state index in [9.17, 15) is 8.42 Å². The fourth-order valence-electron chi connectivity index (χ4n) is 4.18. The second-order valence-corrected chi connectivity index (χ2v) is 10.2. The van der Waals surface area contributed by atoms with Crippen molar-refractivity contribution in [2.45, 2.75) is 51.1 Å². The Bertz CT molecular complexity index is 936. The lowest BCUT2D eigenvalue weighted by Crippen LogP contribution is -2.42. The number of methoxy groups -OCH3 is 1. The van der Waals surface area contributed by atoms with Crippen molar-refractivity contribution in [3.8, 4) is 5.75 Å². The number of hydrogen-bond acceptors (Lipinski definition) is 6. The third-order valence-electron chi connectivity index (χ3n) is 5.57. The standard InChI is InChI=1S/C23H34N4O3S/c1-18(2)27(19(3)4)31(28,29)22-11-12-23(24-17-22)26-14-6-13-25(15-16-26)20-7-9-21(30-5)10-8-20/h7-12,17-19H,6,13-16H2,1-5H3. The van der Waals surface area contributed by atoms with Crippen molar-refractivity contribution < 1.29 is 13.2 Å². The van der Waals surface area contributed by atoms with Gasteiger partial charge < -0.3 is 14.5 Å². The van der Waals surface area contributed by atoms with E-state index in [0.717, 1.165) is 44.2 Å². The highest BCUT2D eigenvalue weighted by molar-refractivity contribution is 7.89. The molecule has 0 atom stereocenters. The van der Waals surface area contributed by atoms with Crippen LogP contribution in [0, 0.1) is 0 Å². The van der Waals surface area contributed by atoms with Crippen LogP contribution in [0.2, 0.25) is 0 Å². The molecule has 1 aliphatic heterocycles. The lowest BCUT2D eigenvalue weighted by atomic mass is 10.2. The Balaban J connectivity index is 1.71. The molecule has 31 heavy (non-hydrogen) atoms. The van der Waals surface area contributed by atoms with Crippen LogP contribution in [0.3, 0.4) is 0 Å². The predicted octanol–water partition coefficient (Wildman–Crippen LogP) is 3.61. The van der Waals surface area contributed by atoms with E-state index in [0.29, 0.717) is 0 Å². The fraction of sp³-hybridized carbons (Fsp3) is 0.522. The summed E-state index contributed by atoms with van der Waals surface area (Å²) in [6.45, 7) is 11.1. The van der Waals surface area contributed by atoms with Crippen LogP contribution in [-0.2, 0) is 10.0 Å². The molecule has 0 bridgehead atoms. The number of benzene rings is 1. The van der Waals surface area contributed by atoms with Crippen molar-refractivity contribution >= 4 is 21.5 Å². The van der Waals surface area contributed by atoms with Gasteiger partial charge in [-0.2, -0.15) is 4.31 Å². The van der Waals surface area contributed by atoms with Gasteiger partial charge in [-0.05, 0) is 70.5 Å². The molecule has 3 rings (SSSR count). The van der Waals surface area contributed by atoms with E-state index in [1.807, 2.05) is 45.9 Å². The van der Waals surface area contributed by atoms with Gasteiger partial charge in [0.15, 0.2) is 0 Å². The van der Waals surface area contributed by atoms with Gasteiger partial charge in [0, 0.05) is 50.1 Å². The Morgan fingerprint density at radius 1 is 0.903 bits per heavy atom. The molecule has 1 aromatic carbocycles. The molecule has 170 valence electrons. The minimum Gasteiger partial charge on any atom is -0.497 e. The molecule has 1 aliphatic rings. The van der Waals surface area contributed by atoms with Crippen molar-refractivity contribution in [3.05, 3.63) is 42.6 Å². The maximum Gasteiger partial charge on any atom is 0.245 e. The van der Waals surface area contributed by atoms with E-state index in [1.165, 1.54) is 16.2 Å². The first kappa shape index (κ1) is 23.3. The van der Waals surface area contributed by atoms with Gasteiger partial charge in [-0.3, -0.25) is 0 Å². The van der Waals surface area contributed by atoms with Crippen LogP contribution >= 0.6 is 0 Å². The summed E-state index contributed by atoms with van der Waals surface area (Å²) in [4.78, 5) is 9.35. The molecular formula is C23H34N4O3S. The van der Waals surface area contributed by atoms with Crippen molar-refractivity contribution in [1.82, 2.24) is 9.29 Å². The van der Waals surface area contributed by atoms with Crippen LogP contribution in [0.1, 0.15) is 34.1 Å². The summed E-state index contributed by atoms with van der Waals surface area (Å²) in [5.41, 5.74) is 1.18. The Kier molecular flexibility index (Phi) is 7.43. The zero-order valence-electron chi connectivity index (χ0n) is 19.2. The van der Waals surface area contributed by atoms with Crippen molar-refractivity contribution in [3.63, 3.8) is 0 Å². The minimum absolute atomic E-state index is 0.112. The van der Waals surface area contributed by atoms with Gasteiger partial charge in [-0.1, -0.05) is 0 Å². The van der Waals surface area contributed by atoms with Crippen molar-refractivity contribution in [2.24, 2.45) is 0 Å². The highest BCUT2D eigenvalue weighted by Gasteiger charge is 2.30. The Labute approximate surface area is 186 Å². The summed E-state index contributed by atoms with van der Waals surface area (Å²) >= 11 is 0. The molecule has 1 saturated heterocycles. The molecule has 2 heterocycles. The molecule has 0 aliphatic carbocycles. The number of rotatable bonds is 7. The number of aromatic nitrogens is 1. The zero-order valence-corrected chi connectivity index (χ0v) is 20.0. The summed E-state index contributed by atoms with van der Waals surface area (Å²) in [5, 5.41) is 0. The van der Waals surface area contributed by atoms with Crippen molar-refractivity contribution in [1.29, 1.82) is 0 Å². The molecule has 0 amide bonds.